The van der Waals surface area contributed by atoms with Gasteiger partial charge in [0, 0.05) is 36.2 Å². The van der Waals surface area contributed by atoms with E-state index in [9.17, 15) is 14.9 Å². The molecule has 2 aliphatic rings. The molecule has 5 rings (SSSR count). The first kappa shape index (κ1) is 31.6. The van der Waals surface area contributed by atoms with Crippen LogP contribution >= 0.6 is 11.3 Å². The highest BCUT2D eigenvalue weighted by Gasteiger charge is 2.38. The number of ether oxygens (including phenoxy) is 1. The second kappa shape index (κ2) is 12.6. The molecular formula is C33H41N7O3S. The van der Waals surface area contributed by atoms with E-state index in [1.54, 1.807) is 29.4 Å². The van der Waals surface area contributed by atoms with Crippen molar-refractivity contribution >= 4 is 50.6 Å². The number of nitriles is 1. The van der Waals surface area contributed by atoms with Gasteiger partial charge in [-0.05, 0) is 82.6 Å². The summed E-state index contributed by atoms with van der Waals surface area (Å²) in [7, 11) is 0. The van der Waals surface area contributed by atoms with E-state index in [1.165, 1.54) is 11.3 Å². The zero-order valence-corrected chi connectivity index (χ0v) is 27.0. The number of aryl methyl sites for hydroxylation is 1. The van der Waals surface area contributed by atoms with Crippen molar-refractivity contribution in [2.75, 3.05) is 16.8 Å². The van der Waals surface area contributed by atoms with Crippen LogP contribution in [0, 0.1) is 30.1 Å². The molecule has 1 fully saturated rings. The fourth-order valence-electron chi connectivity index (χ4n) is 6.41. The summed E-state index contributed by atoms with van der Waals surface area (Å²) >= 11 is 1.25. The van der Waals surface area contributed by atoms with E-state index in [4.69, 9.17) is 10.5 Å². The molecule has 0 radical (unpaired) electrons. The van der Waals surface area contributed by atoms with Crippen LogP contribution in [-0.2, 0) is 11.2 Å². The van der Waals surface area contributed by atoms with E-state index in [-0.39, 0.29) is 23.9 Å². The summed E-state index contributed by atoms with van der Waals surface area (Å²) in [6.07, 6.45) is 8.47. The van der Waals surface area contributed by atoms with Crippen molar-refractivity contribution in [1.82, 2.24) is 15.3 Å². The van der Waals surface area contributed by atoms with Crippen molar-refractivity contribution in [1.29, 1.82) is 5.26 Å². The number of hydrogen-bond acceptors (Lipinski definition) is 8. The average molecular weight is 616 g/mol. The van der Waals surface area contributed by atoms with E-state index in [1.807, 2.05) is 33.8 Å². The van der Waals surface area contributed by atoms with Crippen LogP contribution in [0.25, 0.3) is 10.2 Å². The summed E-state index contributed by atoms with van der Waals surface area (Å²) in [5.74, 6) is 0.0668. The third kappa shape index (κ3) is 6.20. The second-order valence-electron chi connectivity index (χ2n) is 12.6. The molecule has 44 heavy (non-hydrogen) atoms. The molecule has 3 amide bonds. The van der Waals surface area contributed by atoms with Crippen molar-refractivity contribution in [3.8, 4) is 6.07 Å². The van der Waals surface area contributed by atoms with Crippen molar-refractivity contribution in [3.05, 3.63) is 52.3 Å². The molecule has 4 heterocycles. The smallest absolute Gasteiger partial charge is 0.331 e. The first-order chi connectivity index (χ1) is 20.9. The molecule has 3 aromatic rings. The molecule has 11 heteroatoms. The fourth-order valence-corrected chi connectivity index (χ4v) is 7.43. The van der Waals surface area contributed by atoms with E-state index in [0.29, 0.717) is 44.9 Å². The number of pyridine rings is 2. The topological polar surface area (TPSA) is 146 Å². The highest BCUT2D eigenvalue weighted by molar-refractivity contribution is 7.21. The lowest BCUT2D eigenvalue weighted by atomic mass is 9.87. The van der Waals surface area contributed by atoms with Crippen LogP contribution in [-0.4, -0.2) is 46.2 Å². The van der Waals surface area contributed by atoms with Gasteiger partial charge in [-0.2, -0.15) is 5.26 Å². The zero-order valence-electron chi connectivity index (χ0n) is 26.2. The minimum absolute atomic E-state index is 0.110. The Morgan fingerprint density at radius 2 is 2.11 bits per heavy atom. The molecule has 1 saturated carbocycles. The van der Waals surface area contributed by atoms with Crippen LogP contribution in [0.5, 0.6) is 0 Å². The maximum absolute atomic E-state index is 13.8. The Morgan fingerprint density at radius 3 is 2.80 bits per heavy atom. The van der Waals surface area contributed by atoms with Crippen LogP contribution < -0.4 is 21.3 Å². The molecular weight excluding hydrogens is 574 g/mol. The van der Waals surface area contributed by atoms with Gasteiger partial charge in [-0.25, -0.2) is 9.78 Å². The van der Waals surface area contributed by atoms with E-state index in [2.05, 4.69) is 40.5 Å². The molecule has 0 bridgehead atoms. The number of urea groups is 1. The monoisotopic (exact) mass is 615 g/mol. The Kier molecular flexibility index (Phi) is 9.07. The number of amides is 3. The molecule has 0 unspecified atom stereocenters. The van der Waals surface area contributed by atoms with Crippen LogP contribution in [0.2, 0.25) is 0 Å². The van der Waals surface area contributed by atoms with Gasteiger partial charge in [0.25, 0.3) is 5.91 Å². The number of nitrogens with zero attached hydrogens (tertiary/aromatic N) is 4. The Hall–Kier alpha value is -3.85. The minimum Gasteiger partial charge on any atom is -0.372 e. The number of nitrogens with one attached hydrogen (secondary N) is 2. The molecule has 0 spiro atoms. The number of thiophene rings is 1. The number of anilines is 3. The third-order valence-corrected chi connectivity index (χ3v) is 9.40. The van der Waals surface area contributed by atoms with Gasteiger partial charge in [0.05, 0.1) is 40.3 Å². The maximum Gasteiger partial charge on any atom is 0.331 e. The number of nitrogens with two attached hydrogens (primary N) is 1. The lowest BCUT2D eigenvalue weighted by Crippen LogP contribution is -2.45. The quantitative estimate of drug-likeness (QED) is 0.225. The van der Waals surface area contributed by atoms with Gasteiger partial charge in [0.2, 0.25) is 0 Å². The predicted octanol–water partition coefficient (Wildman–Crippen LogP) is 6.37. The van der Waals surface area contributed by atoms with Crippen LogP contribution in [0.4, 0.5) is 21.9 Å². The SMILES string of the molecule is CCOC(C)(C)/C=C(/C#N)[C@@H](N)[C@@H]1CCC[C@H]1NC(=O)c1sc2nccc3c2c1NC(=O)N3c1cnc(CC(C)C)cc1C. The van der Waals surface area contributed by atoms with E-state index < -0.39 is 11.6 Å². The number of hydrogen-bond donors (Lipinski definition) is 3. The molecule has 1 aliphatic carbocycles. The van der Waals surface area contributed by atoms with Gasteiger partial charge in [0.1, 0.15) is 9.71 Å². The largest absolute Gasteiger partial charge is 0.372 e. The van der Waals surface area contributed by atoms with E-state index in [0.717, 1.165) is 42.3 Å². The molecule has 4 N–H and O–H groups in total. The Morgan fingerprint density at radius 1 is 1.34 bits per heavy atom. The zero-order chi connectivity index (χ0) is 31.8. The lowest BCUT2D eigenvalue weighted by Gasteiger charge is -2.30. The Bertz CT molecular complexity index is 1650. The van der Waals surface area contributed by atoms with Gasteiger partial charge >= 0.3 is 6.03 Å². The first-order valence-electron chi connectivity index (χ1n) is 15.3. The van der Waals surface area contributed by atoms with Gasteiger partial charge in [-0.15, -0.1) is 11.3 Å². The summed E-state index contributed by atoms with van der Waals surface area (Å²) in [5.41, 5.74) is 10.2. The minimum atomic E-state index is -0.629. The van der Waals surface area contributed by atoms with Crippen molar-refractivity contribution in [3.63, 3.8) is 0 Å². The van der Waals surface area contributed by atoms with Crippen LogP contribution in [0.15, 0.2) is 36.2 Å². The average Bonchev–Trinajstić information content (AvgIpc) is 3.57. The van der Waals surface area contributed by atoms with Crippen LogP contribution in [0.1, 0.15) is 74.8 Å². The lowest BCUT2D eigenvalue weighted by molar-refractivity contribution is 0.0277. The summed E-state index contributed by atoms with van der Waals surface area (Å²) in [4.78, 5) is 39.2. The predicted molar refractivity (Wildman–Crippen MR) is 174 cm³/mol. The highest BCUT2D eigenvalue weighted by Crippen LogP contribution is 2.46. The summed E-state index contributed by atoms with van der Waals surface area (Å²) < 4.78 is 5.76. The van der Waals surface area contributed by atoms with Gasteiger partial charge < -0.3 is 21.1 Å². The fraction of sp³-hybridized carbons (Fsp3) is 0.485. The molecule has 10 nitrogen and oxygen atoms in total. The number of carbonyl (C=O) groups is 2. The van der Waals surface area contributed by atoms with Gasteiger partial charge in [0.15, 0.2) is 0 Å². The second-order valence-corrected chi connectivity index (χ2v) is 13.6. The van der Waals surface area contributed by atoms with Crippen molar-refractivity contribution in [2.24, 2.45) is 17.6 Å². The maximum atomic E-state index is 13.8. The molecule has 0 aromatic carbocycles. The summed E-state index contributed by atoms with van der Waals surface area (Å²) in [6, 6.07) is 4.97. The third-order valence-electron chi connectivity index (χ3n) is 8.31. The summed E-state index contributed by atoms with van der Waals surface area (Å²) in [5, 5.41) is 16.8. The molecule has 232 valence electrons. The Labute approximate surface area is 262 Å². The standard InChI is InChI=1S/C33H41N7O3S/c1-7-43-33(5,6)15-20(16-34)27(35)22-9-8-10-23(22)38-30(41)29-28-26-24(11-12-36-31(26)44-29)40(32(42)39-28)25-17-37-21(13-18(2)3)14-19(25)4/h11-12,14-15,17-18,22-23,27H,7-10,13,35H2,1-6H3,(H,38,41)(H,39,42)/b20-15-/t22-,23-,27-/m1/s1. The highest BCUT2D eigenvalue weighted by atomic mass is 32.1. The molecule has 0 saturated heterocycles. The van der Waals surface area contributed by atoms with Gasteiger partial charge in [-0.3, -0.25) is 14.7 Å². The molecule has 1 aliphatic heterocycles. The summed E-state index contributed by atoms with van der Waals surface area (Å²) in [6.45, 7) is 12.5. The van der Waals surface area contributed by atoms with Gasteiger partial charge in [-0.1, -0.05) is 20.3 Å². The van der Waals surface area contributed by atoms with Crippen molar-refractivity contribution < 1.29 is 14.3 Å². The Balaban J connectivity index is 1.43. The molecule has 3 aromatic heterocycles. The number of rotatable bonds is 10. The number of aromatic nitrogens is 2. The first-order valence-corrected chi connectivity index (χ1v) is 16.1. The van der Waals surface area contributed by atoms with E-state index >= 15 is 0 Å². The van der Waals surface area contributed by atoms with Crippen LogP contribution in [0.3, 0.4) is 0 Å². The van der Waals surface area contributed by atoms with Crippen molar-refractivity contribution in [2.45, 2.75) is 84.9 Å². The normalized spacial score (nSPS) is 19.3. The number of carbonyl (C=O) groups excluding carboxylic acids is 2. The molecule has 3 atom stereocenters.